The van der Waals surface area contributed by atoms with Gasteiger partial charge in [0.05, 0.1) is 12.8 Å². The van der Waals surface area contributed by atoms with Crippen LogP contribution in [0.5, 0.6) is 0 Å². The van der Waals surface area contributed by atoms with Gasteiger partial charge in [-0.15, -0.1) is 0 Å². The minimum atomic E-state index is -0.440. The zero-order chi connectivity index (χ0) is 20.9. The second-order valence-corrected chi connectivity index (χ2v) is 7.51. The lowest BCUT2D eigenvalue weighted by Gasteiger charge is -2.35. The maximum Gasteiger partial charge on any atom is 0.409 e. The molecule has 1 amide bonds. The summed E-state index contributed by atoms with van der Waals surface area (Å²) >= 11 is 0. The molecule has 1 aliphatic carbocycles. The molecule has 0 radical (unpaired) electrons. The van der Waals surface area contributed by atoms with Gasteiger partial charge in [-0.2, -0.15) is 4.98 Å². The molecule has 2 aliphatic rings. The second-order valence-electron chi connectivity index (χ2n) is 7.51. The number of benzene rings is 1. The number of amides is 1. The third kappa shape index (κ3) is 4.72. The van der Waals surface area contributed by atoms with Crippen molar-refractivity contribution in [2.24, 2.45) is 0 Å². The minimum Gasteiger partial charge on any atom is -0.450 e. The van der Waals surface area contributed by atoms with Crippen LogP contribution >= 0.6 is 0 Å². The molecular formula is C21H27FN6O2. The topological polar surface area (TPSA) is 82.6 Å². The number of piperazine rings is 1. The normalized spacial score (nSPS) is 16.7. The molecule has 8 nitrogen and oxygen atoms in total. The Hall–Kier alpha value is -3.10. The van der Waals surface area contributed by atoms with E-state index in [1.165, 1.54) is 12.6 Å². The van der Waals surface area contributed by atoms with Crippen LogP contribution in [-0.4, -0.2) is 59.8 Å². The Labute approximate surface area is 175 Å². The monoisotopic (exact) mass is 414 g/mol. The lowest BCUT2D eigenvalue weighted by atomic mass is 9.93. The van der Waals surface area contributed by atoms with Crippen molar-refractivity contribution in [3.8, 4) is 0 Å². The summed E-state index contributed by atoms with van der Waals surface area (Å²) in [6.45, 7) is 4.99. The lowest BCUT2D eigenvalue weighted by Crippen LogP contribution is -2.49. The van der Waals surface area contributed by atoms with Gasteiger partial charge in [0.2, 0.25) is 5.95 Å². The largest absolute Gasteiger partial charge is 0.450 e. The fraction of sp³-hybridized carbons (Fsp3) is 0.476. The van der Waals surface area contributed by atoms with Gasteiger partial charge in [0.1, 0.15) is 0 Å². The zero-order valence-corrected chi connectivity index (χ0v) is 17.1. The molecule has 0 spiro atoms. The van der Waals surface area contributed by atoms with Crippen molar-refractivity contribution in [3.05, 3.63) is 36.3 Å². The molecule has 0 atom stereocenters. The van der Waals surface area contributed by atoms with E-state index in [0.717, 1.165) is 37.3 Å². The van der Waals surface area contributed by atoms with Crippen LogP contribution in [0.1, 0.15) is 26.2 Å². The predicted molar refractivity (Wildman–Crippen MR) is 114 cm³/mol. The van der Waals surface area contributed by atoms with E-state index in [1.807, 2.05) is 31.2 Å². The van der Waals surface area contributed by atoms with Crippen molar-refractivity contribution in [3.63, 3.8) is 0 Å². The van der Waals surface area contributed by atoms with Crippen LogP contribution in [0.4, 0.5) is 32.3 Å². The van der Waals surface area contributed by atoms with Crippen molar-refractivity contribution in [2.75, 3.05) is 48.3 Å². The van der Waals surface area contributed by atoms with Gasteiger partial charge in [-0.1, -0.05) is 0 Å². The number of aromatic nitrogens is 2. The Morgan fingerprint density at radius 1 is 1.20 bits per heavy atom. The van der Waals surface area contributed by atoms with Gasteiger partial charge < -0.3 is 25.2 Å². The Morgan fingerprint density at radius 2 is 1.93 bits per heavy atom. The molecule has 2 aromatic rings. The van der Waals surface area contributed by atoms with Gasteiger partial charge in [-0.25, -0.2) is 14.2 Å². The number of halogens is 1. The average Bonchev–Trinajstić information content (AvgIpc) is 2.73. The maximum absolute atomic E-state index is 14.0. The van der Waals surface area contributed by atoms with E-state index in [-0.39, 0.29) is 11.9 Å². The third-order valence-electron chi connectivity index (χ3n) is 5.48. The predicted octanol–water partition coefficient (Wildman–Crippen LogP) is 3.60. The summed E-state index contributed by atoms with van der Waals surface area (Å²) in [6.07, 6.45) is 4.19. The van der Waals surface area contributed by atoms with Crippen LogP contribution in [0.25, 0.3) is 0 Å². The Kier molecular flexibility index (Phi) is 6.15. The molecule has 160 valence electrons. The van der Waals surface area contributed by atoms with E-state index >= 15 is 0 Å². The number of anilines is 4. The highest BCUT2D eigenvalue weighted by Gasteiger charge is 2.22. The Bertz CT molecular complexity index is 866. The summed E-state index contributed by atoms with van der Waals surface area (Å²) in [4.78, 5) is 24.1. The third-order valence-corrected chi connectivity index (χ3v) is 5.48. The molecule has 2 fully saturated rings. The fourth-order valence-corrected chi connectivity index (χ4v) is 3.52. The van der Waals surface area contributed by atoms with Gasteiger partial charge in [-0.05, 0) is 50.5 Å². The molecule has 1 saturated carbocycles. The first-order chi connectivity index (χ1) is 14.6. The first-order valence-electron chi connectivity index (χ1n) is 10.4. The summed E-state index contributed by atoms with van der Waals surface area (Å²) in [6, 6.07) is 8.21. The SMILES string of the molecule is CCOC(=O)N1CCN(c2ccc(Nc3ncc(F)c(NC4CCC4)n3)cc2)CC1. The molecule has 2 heterocycles. The van der Waals surface area contributed by atoms with Crippen molar-refractivity contribution >= 4 is 29.2 Å². The van der Waals surface area contributed by atoms with Crippen LogP contribution < -0.4 is 15.5 Å². The van der Waals surface area contributed by atoms with E-state index in [4.69, 9.17) is 4.74 Å². The van der Waals surface area contributed by atoms with E-state index in [9.17, 15) is 9.18 Å². The number of carbonyl (C=O) groups excluding carboxylic acids is 1. The van der Waals surface area contributed by atoms with Crippen molar-refractivity contribution < 1.29 is 13.9 Å². The highest BCUT2D eigenvalue weighted by atomic mass is 19.1. The number of hydrogen-bond donors (Lipinski definition) is 2. The van der Waals surface area contributed by atoms with Crippen LogP contribution in [0.3, 0.4) is 0 Å². The first kappa shape index (κ1) is 20.2. The molecule has 1 aromatic carbocycles. The number of nitrogens with one attached hydrogen (secondary N) is 2. The quantitative estimate of drug-likeness (QED) is 0.747. The molecule has 2 N–H and O–H groups in total. The molecule has 9 heteroatoms. The van der Waals surface area contributed by atoms with Gasteiger partial charge in [-0.3, -0.25) is 0 Å². The summed E-state index contributed by atoms with van der Waals surface area (Å²) < 4.78 is 19.0. The summed E-state index contributed by atoms with van der Waals surface area (Å²) in [5, 5.41) is 6.26. The van der Waals surface area contributed by atoms with E-state index in [0.29, 0.717) is 31.7 Å². The van der Waals surface area contributed by atoms with Gasteiger partial charge >= 0.3 is 6.09 Å². The van der Waals surface area contributed by atoms with Crippen LogP contribution in [0.2, 0.25) is 0 Å². The molecular weight excluding hydrogens is 387 g/mol. The fourth-order valence-electron chi connectivity index (χ4n) is 3.52. The Morgan fingerprint density at radius 3 is 2.57 bits per heavy atom. The lowest BCUT2D eigenvalue weighted by molar-refractivity contribution is 0.105. The maximum atomic E-state index is 14.0. The molecule has 0 unspecified atom stereocenters. The first-order valence-corrected chi connectivity index (χ1v) is 10.4. The highest BCUT2D eigenvalue weighted by molar-refractivity contribution is 5.68. The molecule has 4 rings (SSSR count). The van der Waals surface area contributed by atoms with Gasteiger partial charge in [0, 0.05) is 43.6 Å². The zero-order valence-electron chi connectivity index (χ0n) is 17.1. The van der Waals surface area contributed by atoms with E-state index in [1.54, 1.807) is 4.90 Å². The van der Waals surface area contributed by atoms with Crippen LogP contribution in [-0.2, 0) is 4.74 Å². The van der Waals surface area contributed by atoms with E-state index < -0.39 is 5.82 Å². The Balaban J connectivity index is 1.34. The minimum absolute atomic E-state index is 0.244. The van der Waals surface area contributed by atoms with E-state index in [2.05, 4.69) is 25.5 Å². The summed E-state index contributed by atoms with van der Waals surface area (Å²) in [5.74, 6) is 0.159. The number of rotatable bonds is 6. The van der Waals surface area contributed by atoms with Crippen molar-refractivity contribution in [2.45, 2.75) is 32.2 Å². The van der Waals surface area contributed by atoms with Gasteiger partial charge in [0.15, 0.2) is 11.6 Å². The average molecular weight is 414 g/mol. The molecule has 1 aliphatic heterocycles. The summed E-state index contributed by atoms with van der Waals surface area (Å²) in [5.41, 5.74) is 1.90. The number of nitrogens with zero attached hydrogens (tertiary/aromatic N) is 4. The molecule has 1 saturated heterocycles. The van der Waals surface area contributed by atoms with Crippen LogP contribution in [0.15, 0.2) is 30.5 Å². The second kappa shape index (κ2) is 9.15. The number of hydrogen-bond acceptors (Lipinski definition) is 7. The highest BCUT2D eigenvalue weighted by Crippen LogP contribution is 2.25. The number of carbonyl (C=O) groups is 1. The van der Waals surface area contributed by atoms with Crippen molar-refractivity contribution in [1.82, 2.24) is 14.9 Å². The van der Waals surface area contributed by atoms with Crippen molar-refractivity contribution in [1.29, 1.82) is 0 Å². The molecule has 0 bridgehead atoms. The van der Waals surface area contributed by atoms with Gasteiger partial charge in [0.25, 0.3) is 0 Å². The number of ether oxygens (including phenoxy) is 1. The van der Waals surface area contributed by atoms with Crippen LogP contribution in [0, 0.1) is 5.82 Å². The standard InChI is InChI=1S/C21H27FN6O2/c1-2-30-21(29)28-12-10-27(11-13-28)17-8-6-16(7-9-17)25-20-23-14-18(22)19(26-20)24-15-4-3-5-15/h6-9,14-15H,2-5,10-13H2,1H3,(H2,23,24,25,26). The smallest absolute Gasteiger partial charge is 0.409 e. The molecule has 30 heavy (non-hydrogen) atoms. The summed E-state index contributed by atoms with van der Waals surface area (Å²) in [7, 11) is 0. The molecule has 1 aromatic heterocycles.